The quantitative estimate of drug-likeness (QED) is 0.844. The van der Waals surface area contributed by atoms with Crippen LogP contribution in [-0.2, 0) is 4.74 Å². The Balaban J connectivity index is 1.70. The predicted octanol–water partition coefficient (Wildman–Crippen LogP) is 3.46. The van der Waals surface area contributed by atoms with Crippen molar-refractivity contribution in [3.8, 4) is 0 Å². The number of likely N-dealkylation sites (tertiary alicyclic amines) is 1. The Morgan fingerprint density at radius 2 is 2.10 bits per heavy atom. The van der Waals surface area contributed by atoms with E-state index in [1.54, 1.807) is 0 Å². The lowest BCUT2D eigenvalue weighted by atomic mass is 10.0. The van der Waals surface area contributed by atoms with Gasteiger partial charge in [-0.25, -0.2) is 0 Å². The highest BCUT2D eigenvalue weighted by molar-refractivity contribution is 5.48. The first-order valence-corrected chi connectivity index (χ1v) is 8.30. The fourth-order valence-electron chi connectivity index (χ4n) is 3.71. The van der Waals surface area contributed by atoms with E-state index in [9.17, 15) is 0 Å². The van der Waals surface area contributed by atoms with Crippen LogP contribution in [-0.4, -0.2) is 44.3 Å². The Morgan fingerprint density at radius 1 is 1.24 bits per heavy atom. The SMILES string of the molecule is C[C@@H]1CC[C@@H](CN2CCC[C@@H]2c2cccc(N(C)C)c2)O1. The first-order valence-electron chi connectivity index (χ1n) is 8.30. The lowest BCUT2D eigenvalue weighted by Crippen LogP contribution is -2.32. The van der Waals surface area contributed by atoms with Gasteiger partial charge in [0.15, 0.2) is 0 Å². The molecule has 0 aliphatic carbocycles. The molecule has 0 saturated carbocycles. The van der Waals surface area contributed by atoms with Crippen molar-refractivity contribution < 1.29 is 4.74 Å². The van der Waals surface area contributed by atoms with Gasteiger partial charge in [-0.05, 0) is 56.8 Å². The maximum Gasteiger partial charge on any atom is 0.0706 e. The molecule has 2 aliphatic rings. The molecule has 0 aromatic heterocycles. The molecule has 0 bridgehead atoms. The fourth-order valence-corrected chi connectivity index (χ4v) is 3.71. The number of nitrogens with zero attached hydrogens (tertiary/aromatic N) is 2. The second kappa shape index (κ2) is 6.37. The van der Waals surface area contributed by atoms with Crippen molar-refractivity contribution in [2.24, 2.45) is 0 Å². The highest BCUT2D eigenvalue weighted by atomic mass is 16.5. The molecule has 0 unspecified atom stereocenters. The zero-order valence-corrected chi connectivity index (χ0v) is 13.6. The molecule has 3 rings (SSSR count). The summed E-state index contributed by atoms with van der Waals surface area (Å²) in [7, 11) is 4.22. The number of anilines is 1. The highest BCUT2D eigenvalue weighted by Gasteiger charge is 2.31. The van der Waals surface area contributed by atoms with Crippen molar-refractivity contribution in [2.45, 2.75) is 50.9 Å². The minimum Gasteiger partial charge on any atom is -0.378 e. The van der Waals surface area contributed by atoms with Gasteiger partial charge in [0.05, 0.1) is 12.2 Å². The molecule has 21 heavy (non-hydrogen) atoms. The molecule has 0 radical (unpaired) electrons. The summed E-state index contributed by atoms with van der Waals surface area (Å²) in [4.78, 5) is 4.82. The summed E-state index contributed by atoms with van der Waals surface area (Å²) in [5.74, 6) is 0. The molecule has 2 heterocycles. The third kappa shape index (κ3) is 3.41. The van der Waals surface area contributed by atoms with Gasteiger partial charge >= 0.3 is 0 Å². The topological polar surface area (TPSA) is 15.7 Å². The maximum absolute atomic E-state index is 6.02. The monoisotopic (exact) mass is 288 g/mol. The van der Waals surface area contributed by atoms with Crippen LogP contribution >= 0.6 is 0 Å². The van der Waals surface area contributed by atoms with Gasteiger partial charge in [-0.1, -0.05) is 12.1 Å². The lowest BCUT2D eigenvalue weighted by Gasteiger charge is -2.28. The minimum absolute atomic E-state index is 0.442. The largest absolute Gasteiger partial charge is 0.378 e. The first kappa shape index (κ1) is 14.9. The molecule has 1 aromatic rings. The summed E-state index contributed by atoms with van der Waals surface area (Å²) in [5.41, 5.74) is 2.76. The van der Waals surface area contributed by atoms with Crippen molar-refractivity contribution in [1.29, 1.82) is 0 Å². The Morgan fingerprint density at radius 3 is 2.81 bits per heavy atom. The maximum atomic E-state index is 6.02. The average Bonchev–Trinajstić information content (AvgIpc) is 3.09. The lowest BCUT2D eigenvalue weighted by molar-refractivity contribution is 0.0286. The molecule has 0 N–H and O–H groups in total. The van der Waals surface area contributed by atoms with Gasteiger partial charge < -0.3 is 9.64 Å². The standard InChI is InChI=1S/C18H28N2O/c1-14-9-10-17(21-14)13-20-11-5-8-18(20)15-6-4-7-16(12-15)19(2)3/h4,6-7,12,14,17-18H,5,8-11,13H2,1-3H3/t14-,17+,18-/m1/s1. The molecular weight excluding hydrogens is 260 g/mol. The van der Waals surface area contributed by atoms with Crippen molar-refractivity contribution in [1.82, 2.24) is 4.90 Å². The normalized spacial score (nSPS) is 30.0. The van der Waals surface area contributed by atoms with Gasteiger partial charge in [0.25, 0.3) is 0 Å². The Labute approximate surface area is 128 Å². The summed E-state index contributed by atoms with van der Waals surface area (Å²) >= 11 is 0. The summed E-state index contributed by atoms with van der Waals surface area (Å²) < 4.78 is 6.02. The van der Waals surface area contributed by atoms with E-state index in [0.717, 1.165) is 6.54 Å². The van der Waals surface area contributed by atoms with Crippen LogP contribution in [0.4, 0.5) is 5.69 Å². The molecular formula is C18H28N2O. The number of rotatable bonds is 4. The van der Waals surface area contributed by atoms with Gasteiger partial charge in [-0.15, -0.1) is 0 Å². The van der Waals surface area contributed by atoms with E-state index in [0.29, 0.717) is 18.2 Å². The van der Waals surface area contributed by atoms with Crippen LogP contribution in [0.25, 0.3) is 0 Å². The molecule has 1 aromatic carbocycles. The fraction of sp³-hybridized carbons (Fsp3) is 0.667. The van der Waals surface area contributed by atoms with Crippen LogP contribution in [0.3, 0.4) is 0 Å². The molecule has 0 spiro atoms. The van der Waals surface area contributed by atoms with E-state index < -0.39 is 0 Å². The second-order valence-corrected chi connectivity index (χ2v) is 6.79. The van der Waals surface area contributed by atoms with E-state index >= 15 is 0 Å². The van der Waals surface area contributed by atoms with Gasteiger partial charge in [-0.3, -0.25) is 4.90 Å². The number of benzene rings is 1. The van der Waals surface area contributed by atoms with Gasteiger partial charge in [0, 0.05) is 32.4 Å². The summed E-state index contributed by atoms with van der Waals surface area (Å²) in [6.07, 6.45) is 5.92. The Hall–Kier alpha value is -1.06. The summed E-state index contributed by atoms with van der Waals surface area (Å²) in [5, 5.41) is 0. The zero-order chi connectivity index (χ0) is 14.8. The van der Waals surface area contributed by atoms with Gasteiger partial charge in [-0.2, -0.15) is 0 Å². The zero-order valence-electron chi connectivity index (χ0n) is 13.6. The minimum atomic E-state index is 0.442. The smallest absolute Gasteiger partial charge is 0.0706 e. The van der Waals surface area contributed by atoms with Crippen LogP contribution < -0.4 is 4.90 Å². The Bertz CT molecular complexity index is 474. The molecule has 2 fully saturated rings. The molecule has 3 atom stereocenters. The van der Waals surface area contributed by atoms with Gasteiger partial charge in [0.1, 0.15) is 0 Å². The number of hydrogen-bond acceptors (Lipinski definition) is 3. The third-order valence-electron chi connectivity index (χ3n) is 4.89. The van der Waals surface area contributed by atoms with E-state index in [-0.39, 0.29) is 0 Å². The molecule has 0 amide bonds. The summed E-state index contributed by atoms with van der Waals surface area (Å²) in [6, 6.07) is 9.58. The van der Waals surface area contributed by atoms with E-state index in [1.165, 1.54) is 43.5 Å². The number of ether oxygens (including phenoxy) is 1. The average molecular weight is 288 g/mol. The predicted molar refractivity (Wildman–Crippen MR) is 87.9 cm³/mol. The second-order valence-electron chi connectivity index (χ2n) is 6.79. The van der Waals surface area contributed by atoms with Crippen LogP contribution in [0.15, 0.2) is 24.3 Å². The van der Waals surface area contributed by atoms with Crippen molar-refractivity contribution >= 4 is 5.69 Å². The van der Waals surface area contributed by atoms with Crippen LogP contribution in [0.2, 0.25) is 0 Å². The molecule has 2 saturated heterocycles. The third-order valence-corrected chi connectivity index (χ3v) is 4.89. The molecule has 3 nitrogen and oxygen atoms in total. The van der Waals surface area contributed by atoms with Gasteiger partial charge in [0.2, 0.25) is 0 Å². The first-order chi connectivity index (χ1) is 10.1. The molecule has 116 valence electrons. The van der Waals surface area contributed by atoms with Crippen molar-refractivity contribution in [3.05, 3.63) is 29.8 Å². The Kier molecular flexibility index (Phi) is 4.51. The highest BCUT2D eigenvalue weighted by Crippen LogP contribution is 2.34. The van der Waals surface area contributed by atoms with E-state index in [1.807, 2.05) is 0 Å². The summed E-state index contributed by atoms with van der Waals surface area (Å²) in [6.45, 7) is 4.51. The van der Waals surface area contributed by atoms with E-state index in [2.05, 4.69) is 55.1 Å². The molecule has 3 heteroatoms. The van der Waals surface area contributed by atoms with Crippen LogP contribution in [0.1, 0.15) is 44.2 Å². The van der Waals surface area contributed by atoms with E-state index in [4.69, 9.17) is 4.74 Å². The van der Waals surface area contributed by atoms with Crippen LogP contribution in [0.5, 0.6) is 0 Å². The van der Waals surface area contributed by atoms with Crippen LogP contribution in [0, 0.1) is 0 Å². The van der Waals surface area contributed by atoms with Crippen molar-refractivity contribution in [3.63, 3.8) is 0 Å². The molecule has 2 aliphatic heterocycles. The van der Waals surface area contributed by atoms with Crippen molar-refractivity contribution in [2.75, 3.05) is 32.1 Å². The number of hydrogen-bond donors (Lipinski definition) is 0.